The minimum absolute atomic E-state index is 0.0157. The molecule has 130 valence electrons. The first-order valence-electron chi connectivity index (χ1n) is 7.24. The van der Waals surface area contributed by atoms with Crippen molar-refractivity contribution in [2.75, 3.05) is 13.7 Å². The lowest BCUT2D eigenvalue weighted by Crippen LogP contribution is -2.14. The number of rotatable bonds is 6. The molecule has 24 heavy (non-hydrogen) atoms. The Labute approximate surface area is 137 Å². The Balaban J connectivity index is 2.35. The summed E-state index contributed by atoms with van der Waals surface area (Å²) in [6.45, 7) is 2.04. The van der Waals surface area contributed by atoms with Gasteiger partial charge in [-0.1, -0.05) is 24.3 Å². The molecule has 0 saturated heterocycles. The van der Waals surface area contributed by atoms with Crippen molar-refractivity contribution in [3.05, 3.63) is 52.8 Å². The van der Waals surface area contributed by atoms with Gasteiger partial charge in [-0.3, -0.25) is 4.68 Å². The van der Waals surface area contributed by atoms with Gasteiger partial charge in [-0.15, -0.1) is 0 Å². The predicted octanol–water partition coefficient (Wildman–Crippen LogP) is 3.27. The van der Waals surface area contributed by atoms with E-state index in [4.69, 9.17) is 9.47 Å². The molecule has 0 aliphatic heterocycles. The highest BCUT2D eigenvalue weighted by atomic mass is 19.4. The van der Waals surface area contributed by atoms with Gasteiger partial charge in [0.05, 0.1) is 19.8 Å². The van der Waals surface area contributed by atoms with Crippen LogP contribution >= 0.6 is 0 Å². The molecule has 0 N–H and O–H groups in total. The standard InChI is InChI=1S/C16H17F3N2O3/c1-3-24-15(22)13-8-14(16(17,18)19)20-21(13)9-11-5-4-6-12(7-11)10-23-2/h4-8H,3,9-10H2,1-2H3. The van der Waals surface area contributed by atoms with E-state index in [-0.39, 0.29) is 18.8 Å². The van der Waals surface area contributed by atoms with Crippen LogP contribution in [0.1, 0.15) is 34.2 Å². The largest absolute Gasteiger partial charge is 0.461 e. The Morgan fingerprint density at radius 3 is 2.58 bits per heavy atom. The number of hydrogen-bond donors (Lipinski definition) is 0. The lowest BCUT2D eigenvalue weighted by Gasteiger charge is -2.08. The summed E-state index contributed by atoms with van der Waals surface area (Å²) < 4.78 is 49.5. The predicted molar refractivity (Wildman–Crippen MR) is 79.4 cm³/mol. The first kappa shape index (κ1) is 18.0. The number of alkyl halides is 3. The van der Waals surface area contributed by atoms with Crippen LogP contribution in [0.3, 0.4) is 0 Å². The minimum Gasteiger partial charge on any atom is -0.461 e. The maximum atomic E-state index is 12.9. The highest BCUT2D eigenvalue weighted by Gasteiger charge is 2.36. The second kappa shape index (κ2) is 7.48. The third-order valence-corrected chi connectivity index (χ3v) is 3.19. The number of benzene rings is 1. The SMILES string of the molecule is CCOC(=O)c1cc(C(F)(F)F)nn1Cc1cccc(COC)c1. The van der Waals surface area contributed by atoms with E-state index in [2.05, 4.69) is 5.10 Å². The van der Waals surface area contributed by atoms with Crippen LogP contribution in [0.15, 0.2) is 30.3 Å². The van der Waals surface area contributed by atoms with Crippen molar-refractivity contribution in [1.82, 2.24) is 9.78 Å². The van der Waals surface area contributed by atoms with Gasteiger partial charge in [0, 0.05) is 13.2 Å². The molecule has 1 aromatic heterocycles. The smallest absolute Gasteiger partial charge is 0.435 e. The molecule has 0 radical (unpaired) electrons. The van der Waals surface area contributed by atoms with Gasteiger partial charge in [0.2, 0.25) is 0 Å². The number of aromatic nitrogens is 2. The van der Waals surface area contributed by atoms with E-state index >= 15 is 0 Å². The molecule has 5 nitrogen and oxygen atoms in total. The zero-order valence-electron chi connectivity index (χ0n) is 13.3. The molecule has 2 rings (SSSR count). The van der Waals surface area contributed by atoms with E-state index in [1.807, 2.05) is 6.07 Å². The van der Waals surface area contributed by atoms with Crippen LogP contribution in [0, 0.1) is 0 Å². The summed E-state index contributed by atoms with van der Waals surface area (Å²) in [5, 5.41) is 3.52. The molecule has 0 spiro atoms. The fourth-order valence-electron chi connectivity index (χ4n) is 2.20. The van der Waals surface area contributed by atoms with Crippen LogP contribution in [-0.4, -0.2) is 29.5 Å². The Hall–Kier alpha value is -2.35. The zero-order chi connectivity index (χ0) is 17.7. The second-order valence-electron chi connectivity index (χ2n) is 5.04. The number of hydrogen-bond acceptors (Lipinski definition) is 4. The summed E-state index contributed by atoms with van der Waals surface area (Å²) in [6, 6.07) is 7.83. The van der Waals surface area contributed by atoms with Gasteiger partial charge in [-0.05, 0) is 18.1 Å². The number of halogens is 3. The van der Waals surface area contributed by atoms with Gasteiger partial charge in [-0.2, -0.15) is 18.3 Å². The molecule has 8 heteroatoms. The Morgan fingerprint density at radius 1 is 1.25 bits per heavy atom. The van der Waals surface area contributed by atoms with Gasteiger partial charge in [-0.25, -0.2) is 4.79 Å². The zero-order valence-corrected chi connectivity index (χ0v) is 13.3. The molecule has 2 aromatic rings. The van der Waals surface area contributed by atoms with Gasteiger partial charge in [0.25, 0.3) is 0 Å². The molecule has 0 atom stereocenters. The molecule has 0 bridgehead atoms. The number of carbonyl (C=O) groups is 1. The van der Waals surface area contributed by atoms with Crippen LogP contribution in [0.2, 0.25) is 0 Å². The van der Waals surface area contributed by atoms with Crippen LogP contribution in [0.25, 0.3) is 0 Å². The lowest BCUT2D eigenvalue weighted by atomic mass is 10.1. The Kier molecular flexibility index (Phi) is 5.61. The molecule has 0 unspecified atom stereocenters. The highest BCUT2D eigenvalue weighted by Crippen LogP contribution is 2.29. The van der Waals surface area contributed by atoms with Crippen molar-refractivity contribution in [3.8, 4) is 0 Å². The summed E-state index contributed by atoms with van der Waals surface area (Å²) >= 11 is 0. The van der Waals surface area contributed by atoms with Crippen molar-refractivity contribution in [2.24, 2.45) is 0 Å². The average molecular weight is 342 g/mol. The fraction of sp³-hybridized carbons (Fsp3) is 0.375. The van der Waals surface area contributed by atoms with Crippen molar-refractivity contribution >= 4 is 5.97 Å². The second-order valence-corrected chi connectivity index (χ2v) is 5.04. The number of esters is 1. The van der Waals surface area contributed by atoms with Gasteiger partial charge in [0.1, 0.15) is 5.69 Å². The molecule has 0 aliphatic carbocycles. The quantitative estimate of drug-likeness (QED) is 0.756. The van der Waals surface area contributed by atoms with Crippen LogP contribution in [0.5, 0.6) is 0 Å². The number of nitrogens with zero attached hydrogens (tertiary/aromatic N) is 2. The Morgan fingerprint density at radius 2 is 1.96 bits per heavy atom. The molecule has 0 fully saturated rings. The summed E-state index contributed by atoms with van der Waals surface area (Å²) in [5.41, 5.74) is 0.211. The summed E-state index contributed by atoms with van der Waals surface area (Å²) in [7, 11) is 1.55. The maximum Gasteiger partial charge on any atom is 0.435 e. The summed E-state index contributed by atoms with van der Waals surface area (Å²) in [5.74, 6) is -0.839. The normalized spacial score (nSPS) is 11.5. The molecule has 0 amide bonds. The molecule has 0 saturated carbocycles. The summed E-state index contributed by atoms with van der Waals surface area (Å²) in [6.07, 6.45) is -4.63. The van der Waals surface area contributed by atoms with Crippen molar-refractivity contribution in [2.45, 2.75) is 26.3 Å². The fourth-order valence-corrected chi connectivity index (χ4v) is 2.20. The lowest BCUT2D eigenvalue weighted by molar-refractivity contribution is -0.141. The highest BCUT2D eigenvalue weighted by molar-refractivity contribution is 5.87. The number of methoxy groups -OCH3 is 1. The van der Waals surface area contributed by atoms with Gasteiger partial charge < -0.3 is 9.47 Å². The van der Waals surface area contributed by atoms with E-state index in [9.17, 15) is 18.0 Å². The van der Waals surface area contributed by atoms with Crippen LogP contribution < -0.4 is 0 Å². The monoisotopic (exact) mass is 342 g/mol. The van der Waals surface area contributed by atoms with Crippen molar-refractivity contribution < 1.29 is 27.4 Å². The van der Waals surface area contributed by atoms with E-state index < -0.39 is 17.8 Å². The third kappa shape index (κ3) is 4.35. The Bertz CT molecular complexity index is 711. The van der Waals surface area contributed by atoms with E-state index in [1.165, 1.54) is 0 Å². The molecule has 0 aliphatic rings. The maximum absolute atomic E-state index is 12.9. The molecular formula is C16H17F3N2O3. The minimum atomic E-state index is -4.63. The van der Waals surface area contributed by atoms with Crippen LogP contribution in [0.4, 0.5) is 13.2 Å². The topological polar surface area (TPSA) is 53.3 Å². The molecule has 1 aromatic carbocycles. The first-order valence-corrected chi connectivity index (χ1v) is 7.24. The third-order valence-electron chi connectivity index (χ3n) is 3.19. The van der Waals surface area contributed by atoms with Crippen molar-refractivity contribution in [1.29, 1.82) is 0 Å². The summed E-state index contributed by atoms with van der Waals surface area (Å²) in [4.78, 5) is 11.9. The average Bonchev–Trinajstić information content (AvgIpc) is 2.92. The molecule has 1 heterocycles. The first-order chi connectivity index (χ1) is 11.3. The van der Waals surface area contributed by atoms with Gasteiger partial charge in [0.15, 0.2) is 5.69 Å². The van der Waals surface area contributed by atoms with Crippen LogP contribution in [-0.2, 0) is 28.8 Å². The van der Waals surface area contributed by atoms with E-state index in [1.54, 1.807) is 32.2 Å². The van der Waals surface area contributed by atoms with Crippen molar-refractivity contribution in [3.63, 3.8) is 0 Å². The molecular weight excluding hydrogens is 325 g/mol. The number of carbonyl (C=O) groups excluding carboxylic acids is 1. The van der Waals surface area contributed by atoms with E-state index in [0.29, 0.717) is 18.2 Å². The van der Waals surface area contributed by atoms with E-state index in [0.717, 1.165) is 10.2 Å². The number of ether oxygens (including phenoxy) is 2. The van der Waals surface area contributed by atoms with Gasteiger partial charge >= 0.3 is 12.1 Å².